The Kier molecular flexibility index (Phi) is 5.18. The van der Waals surface area contributed by atoms with E-state index in [0.29, 0.717) is 19.6 Å². The van der Waals surface area contributed by atoms with Gasteiger partial charge in [0, 0.05) is 19.6 Å². The number of piperidine rings is 1. The van der Waals surface area contributed by atoms with Crippen molar-refractivity contribution in [3.8, 4) is 0 Å². The van der Waals surface area contributed by atoms with Crippen LogP contribution < -0.4 is 5.32 Å². The molecule has 4 heteroatoms. The normalized spacial score (nSPS) is 17.6. The predicted octanol–water partition coefficient (Wildman–Crippen LogP) is 2.33. The van der Waals surface area contributed by atoms with Crippen LogP contribution in [0, 0.1) is 5.92 Å². The Labute approximate surface area is 120 Å². The third-order valence-electron chi connectivity index (χ3n) is 3.81. The van der Waals surface area contributed by atoms with Gasteiger partial charge in [0.2, 0.25) is 0 Å². The molecular formula is C16H22N2O2. The molecule has 0 aromatic heterocycles. The molecule has 4 nitrogen and oxygen atoms in total. The highest BCUT2D eigenvalue weighted by Gasteiger charge is 2.27. The molecule has 1 atom stereocenters. The van der Waals surface area contributed by atoms with E-state index >= 15 is 0 Å². The molecule has 2 N–H and O–H groups in total. The number of carbonyl (C=O) groups is 1. The van der Waals surface area contributed by atoms with Crippen molar-refractivity contribution in [3.05, 3.63) is 48.6 Å². The van der Waals surface area contributed by atoms with Crippen molar-refractivity contribution in [2.75, 3.05) is 19.6 Å². The van der Waals surface area contributed by atoms with Gasteiger partial charge in [-0.1, -0.05) is 36.4 Å². The first-order chi connectivity index (χ1) is 9.72. The summed E-state index contributed by atoms with van der Waals surface area (Å²) in [4.78, 5) is 13.6. The Morgan fingerprint density at radius 3 is 2.65 bits per heavy atom. The number of urea groups is 1. The average Bonchev–Trinajstić information content (AvgIpc) is 2.53. The van der Waals surface area contributed by atoms with Gasteiger partial charge >= 0.3 is 6.03 Å². The molecule has 1 aromatic carbocycles. The molecule has 0 saturated carbocycles. The van der Waals surface area contributed by atoms with Crippen molar-refractivity contribution < 1.29 is 9.90 Å². The van der Waals surface area contributed by atoms with Gasteiger partial charge < -0.3 is 15.3 Å². The van der Waals surface area contributed by atoms with E-state index in [1.165, 1.54) is 0 Å². The topological polar surface area (TPSA) is 52.6 Å². The van der Waals surface area contributed by atoms with Crippen LogP contribution in [-0.2, 0) is 0 Å². The van der Waals surface area contributed by atoms with Gasteiger partial charge in [-0.3, -0.25) is 0 Å². The van der Waals surface area contributed by atoms with Crippen molar-refractivity contribution in [1.29, 1.82) is 0 Å². The van der Waals surface area contributed by atoms with E-state index in [1.807, 2.05) is 30.3 Å². The lowest BCUT2D eigenvalue weighted by Gasteiger charge is -2.34. The molecule has 0 spiro atoms. The average molecular weight is 274 g/mol. The van der Waals surface area contributed by atoms with Crippen molar-refractivity contribution in [3.63, 3.8) is 0 Å². The molecule has 2 rings (SSSR count). The largest absolute Gasteiger partial charge is 0.388 e. The highest BCUT2D eigenvalue weighted by molar-refractivity contribution is 5.74. The van der Waals surface area contributed by atoms with E-state index in [4.69, 9.17) is 0 Å². The van der Waals surface area contributed by atoms with Crippen molar-refractivity contribution >= 4 is 6.03 Å². The summed E-state index contributed by atoms with van der Waals surface area (Å²) in [5.74, 6) is 0.223. The molecule has 0 aliphatic carbocycles. The summed E-state index contributed by atoms with van der Waals surface area (Å²) < 4.78 is 0. The highest BCUT2D eigenvalue weighted by atomic mass is 16.3. The van der Waals surface area contributed by atoms with Crippen LogP contribution in [0.4, 0.5) is 4.79 Å². The fourth-order valence-corrected chi connectivity index (χ4v) is 2.61. The number of hydrogen-bond acceptors (Lipinski definition) is 2. The summed E-state index contributed by atoms with van der Waals surface area (Å²) in [5, 5.41) is 13.2. The first kappa shape index (κ1) is 14.6. The van der Waals surface area contributed by atoms with Crippen molar-refractivity contribution in [1.82, 2.24) is 10.2 Å². The number of nitrogens with one attached hydrogen (secondary N) is 1. The van der Waals surface area contributed by atoms with Gasteiger partial charge in [0.15, 0.2) is 0 Å². The molecule has 0 radical (unpaired) electrons. The lowest BCUT2D eigenvalue weighted by molar-refractivity contribution is 0.0667. The maximum absolute atomic E-state index is 11.8. The minimum absolute atomic E-state index is 0.0439. The second-order valence-corrected chi connectivity index (χ2v) is 5.15. The summed E-state index contributed by atoms with van der Waals surface area (Å²) in [6.07, 6.45) is 2.90. The molecule has 1 aromatic rings. The summed E-state index contributed by atoms with van der Waals surface area (Å²) in [6.45, 7) is 5.46. The second kappa shape index (κ2) is 7.10. The SMILES string of the molecule is C=CCNC(=O)N1CCC(C(O)c2ccccc2)CC1. The maximum Gasteiger partial charge on any atom is 0.317 e. The van der Waals surface area contributed by atoms with Gasteiger partial charge in [-0.05, 0) is 24.3 Å². The minimum Gasteiger partial charge on any atom is -0.388 e. The predicted molar refractivity (Wildman–Crippen MR) is 79.3 cm³/mol. The lowest BCUT2D eigenvalue weighted by Crippen LogP contribution is -2.45. The Morgan fingerprint density at radius 2 is 2.05 bits per heavy atom. The van der Waals surface area contributed by atoms with Gasteiger partial charge in [0.25, 0.3) is 0 Å². The van der Waals surface area contributed by atoms with Gasteiger partial charge in [-0.15, -0.1) is 6.58 Å². The first-order valence-electron chi connectivity index (χ1n) is 7.09. The minimum atomic E-state index is -0.436. The lowest BCUT2D eigenvalue weighted by atomic mass is 9.87. The molecule has 1 aliphatic rings. The summed E-state index contributed by atoms with van der Waals surface area (Å²) in [5.41, 5.74) is 0.960. The molecule has 1 unspecified atom stereocenters. The van der Waals surface area contributed by atoms with E-state index in [0.717, 1.165) is 18.4 Å². The van der Waals surface area contributed by atoms with Crippen LogP contribution in [0.5, 0.6) is 0 Å². The quantitative estimate of drug-likeness (QED) is 0.828. The zero-order valence-electron chi connectivity index (χ0n) is 11.7. The Hall–Kier alpha value is -1.81. The van der Waals surface area contributed by atoms with Crippen LogP contribution in [0.15, 0.2) is 43.0 Å². The van der Waals surface area contributed by atoms with Crippen molar-refractivity contribution in [2.45, 2.75) is 18.9 Å². The monoisotopic (exact) mass is 274 g/mol. The number of amides is 2. The van der Waals surface area contributed by atoms with E-state index < -0.39 is 6.10 Å². The van der Waals surface area contributed by atoms with Crippen LogP contribution in [0.25, 0.3) is 0 Å². The van der Waals surface area contributed by atoms with E-state index in [2.05, 4.69) is 11.9 Å². The fourth-order valence-electron chi connectivity index (χ4n) is 2.61. The molecule has 20 heavy (non-hydrogen) atoms. The fraction of sp³-hybridized carbons (Fsp3) is 0.438. The van der Waals surface area contributed by atoms with Crippen molar-refractivity contribution in [2.24, 2.45) is 5.92 Å². The van der Waals surface area contributed by atoms with Gasteiger partial charge in [-0.2, -0.15) is 0 Å². The number of nitrogens with zero attached hydrogens (tertiary/aromatic N) is 1. The maximum atomic E-state index is 11.8. The third kappa shape index (κ3) is 3.61. The molecule has 0 bridgehead atoms. The molecule has 1 aliphatic heterocycles. The summed E-state index contributed by atoms with van der Waals surface area (Å²) >= 11 is 0. The zero-order chi connectivity index (χ0) is 14.4. The standard InChI is InChI=1S/C16H22N2O2/c1-2-10-17-16(20)18-11-8-14(9-12-18)15(19)13-6-4-3-5-7-13/h2-7,14-15,19H,1,8-12H2,(H,17,20). The van der Waals surface area contributed by atoms with Gasteiger partial charge in [0.05, 0.1) is 6.10 Å². The molecule has 1 heterocycles. The number of aliphatic hydroxyl groups is 1. The molecule has 1 fully saturated rings. The van der Waals surface area contributed by atoms with Gasteiger partial charge in [0.1, 0.15) is 0 Å². The Balaban J connectivity index is 1.85. The molecule has 2 amide bonds. The Morgan fingerprint density at radius 1 is 1.40 bits per heavy atom. The van der Waals surface area contributed by atoms with Crippen LogP contribution in [0.3, 0.4) is 0 Å². The van der Waals surface area contributed by atoms with E-state index in [1.54, 1.807) is 11.0 Å². The number of rotatable bonds is 4. The van der Waals surface area contributed by atoms with Crippen LogP contribution in [-0.4, -0.2) is 35.7 Å². The Bertz CT molecular complexity index is 439. The highest BCUT2D eigenvalue weighted by Crippen LogP contribution is 2.30. The smallest absolute Gasteiger partial charge is 0.317 e. The number of likely N-dealkylation sites (tertiary alicyclic amines) is 1. The summed E-state index contributed by atoms with van der Waals surface area (Å²) in [7, 11) is 0. The van der Waals surface area contributed by atoms with Gasteiger partial charge in [-0.25, -0.2) is 4.79 Å². The van der Waals surface area contributed by atoms with Crippen LogP contribution in [0.2, 0.25) is 0 Å². The zero-order valence-corrected chi connectivity index (χ0v) is 11.7. The molecular weight excluding hydrogens is 252 g/mol. The number of hydrogen-bond donors (Lipinski definition) is 2. The van der Waals surface area contributed by atoms with Crippen LogP contribution in [0.1, 0.15) is 24.5 Å². The number of benzene rings is 1. The number of aliphatic hydroxyl groups excluding tert-OH is 1. The third-order valence-corrected chi connectivity index (χ3v) is 3.81. The molecule has 108 valence electrons. The van der Waals surface area contributed by atoms with E-state index in [-0.39, 0.29) is 11.9 Å². The van der Waals surface area contributed by atoms with Crippen LogP contribution >= 0.6 is 0 Å². The summed E-state index contributed by atoms with van der Waals surface area (Å²) in [6, 6.07) is 9.69. The van der Waals surface area contributed by atoms with E-state index in [9.17, 15) is 9.90 Å². The molecule has 1 saturated heterocycles. The first-order valence-corrected chi connectivity index (χ1v) is 7.09. The second-order valence-electron chi connectivity index (χ2n) is 5.15. The number of carbonyl (C=O) groups excluding carboxylic acids is 1.